The summed E-state index contributed by atoms with van der Waals surface area (Å²) in [5, 5.41) is 4.73. The lowest BCUT2D eigenvalue weighted by atomic mass is 9.80. The Labute approximate surface area is 166 Å². The molecule has 5 heteroatoms. The van der Waals surface area contributed by atoms with Crippen molar-refractivity contribution >= 4 is 29.4 Å². The molecule has 1 heterocycles. The highest BCUT2D eigenvalue weighted by molar-refractivity contribution is 6.33. The third-order valence-corrected chi connectivity index (χ3v) is 5.68. The van der Waals surface area contributed by atoms with E-state index in [-0.39, 0.29) is 11.4 Å². The fourth-order valence-corrected chi connectivity index (χ4v) is 3.90. The Hall–Kier alpha value is -2.33. The first-order valence-corrected chi connectivity index (χ1v) is 9.59. The monoisotopic (exact) mass is 383 g/mol. The molecule has 0 saturated heterocycles. The zero-order valence-electron chi connectivity index (χ0n) is 16.3. The zero-order chi connectivity index (χ0) is 19.6. The molecule has 0 aromatic heterocycles. The quantitative estimate of drug-likeness (QED) is 0.611. The molecular weight excluding hydrogens is 358 g/mol. The summed E-state index contributed by atoms with van der Waals surface area (Å²) in [4.78, 5) is 14.3. The second-order valence-corrected chi connectivity index (χ2v) is 8.27. The molecule has 1 aliphatic rings. The normalized spacial score (nSPS) is 18.4. The minimum Gasteiger partial charge on any atom is -0.369 e. The number of carbonyl (C=O) groups excluding carboxylic acids is 1. The first kappa shape index (κ1) is 19.4. The van der Waals surface area contributed by atoms with E-state index < -0.39 is 0 Å². The van der Waals surface area contributed by atoms with Crippen LogP contribution in [0.4, 0.5) is 5.69 Å². The van der Waals surface area contributed by atoms with Crippen molar-refractivity contribution < 1.29 is 4.79 Å². The molecule has 0 saturated carbocycles. The van der Waals surface area contributed by atoms with Crippen LogP contribution in [0, 0.1) is 0 Å². The van der Waals surface area contributed by atoms with E-state index in [1.165, 1.54) is 5.56 Å². The highest BCUT2D eigenvalue weighted by atomic mass is 35.5. The van der Waals surface area contributed by atoms with Crippen LogP contribution in [0.3, 0.4) is 0 Å². The SMILES string of the molecule is CC1CC(C)(C)N(C)c2cc(Cl)c(/C=N/NC(=O)Cc3ccccc3)cc21. The number of nitrogens with zero attached hydrogens (tertiary/aromatic N) is 2. The van der Waals surface area contributed by atoms with Gasteiger partial charge in [-0.3, -0.25) is 4.79 Å². The Kier molecular flexibility index (Phi) is 5.56. The van der Waals surface area contributed by atoms with Gasteiger partial charge in [0.2, 0.25) is 5.91 Å². The highest BCUT2D eigenvalue weighted by Crippen LogP contribution is 2.44. The molecule has 1 atom stereocenters. The highest BCUT2D eigenvalue weighted by Gasteiger charge is 2.34. The van der Waals surface area contributed by atoms with E-state index in [0.717, 1.165) is 23.2 Å². The summed E-state index contributed by atoms with van der Waals surface area (Å²) in [6.07, 6.45) is 2.99. The van der Waals surface area contributed by atoms with Gasteiger partial charge in [-0.2, -0.15) is 5.10 Å². The third-order valence-electron chi connectivity index (χ3n) is 5.35. The molecule has 1 unspecified atom stereocenters. The summed E-state index contributed by atoms with van der Waals surface area (Å²) in [6, 6.07) is 13.7. The van der Waals surface area contributed by atoms with Crippen LogP contribution in [0.2, 0.25) is 5.02 Å². The molecule has 1 amide bonds. The van der Waals surface area contributed by atoms with E-state index in [2.05, 4.69) is 49.3 Å². The van der Waals surface area contributed by atoms with Gasteiger partial charge in [-0.1, -0.05) is 48.9 Å². The van der Waals surface area contributed by atoms with Crippen LogP contribution < -0.4 is 10.3 Å². The van der Waals surface area contributed by atoms with Gasteiger partial charge in [-0.15, -0.1) is 0 Å². The lowest BCUT2D eigenvalue weighted by Gasteiger charge is -2.45. The average molecular weight is 384 g/mol. The van der Waals surface area contributed by atoms with Crippen LogP contribution in [0.15, 0.2) is 47.6 Å². The summed E-state index contributed by atoms with van der Waals surface area (Å²) in [5.41, 5.74) is 6.87. The predicted molar refractivity (Wildman–Crippen MR) is 113 cm³/mol. The second-order valence-electron chi connectivity index (χ2n) is 7.86. The maximum absolute atomic E-state index is 12.0. The lowest BCUT2D eigenvalue weighted by Crippen LogP contribution is -2.45. The number of carbonyl (C=O) groups is 1. The third kappa shape index (κ3) is 4.33. The Bertz CT molecular complexity index is 861. The number of rotatable bonds is 4. The molecule has 0 bridgehead atoms. The molecule has 142 valence electrons. The van der Waals surface area contributed by atoms with Crippen LogP contribution in [0.1, 0.15) is 49.8 Å². The van der Waals surface area contributed by atoms with Crippen molar-refractivity contribution in [3.63, 3.8) is 0 Å². The van der Waals surface area contributed by atoms with Gasteiger partial charge in [0.05, 0.1) is 17.7 Å². The van der Waals surface area contributed by atoms with E-state index in [0.29, 0.717) is 17.4 Å². The molecule has 1 N–H and O–H groups in total. The van der Waals surface area contributed by atoms with Crippen LogP contribution >= 0.6 is 11.6 Å². The summed E-state index contributed by atoms with van der Waals surface area (Å²) >= 11 is 6.48. The summed E-state index contributed by atoms with van der Waals surface area (Å²) in [7, 11) is 2.11. The standard InChI is InChI=1S/C22H26ClN3O/c1-15-13-22(2,3)26(4)20-12-19(23)17(11-18(15)20)14-24-25-21(27)10-16-8-6-5-7-9-16/h5-9,11-12,14-15H,10,13H2,1-4H3,(H,25,27)/b24-14+. The number of fused-ring (bicyclic) bond motifs is 1. The van der Waals surface area contributed by atoms with Gasteiger partial charge in [-0.25, -0.2) is 5.43 Å². The molecule has 1 aliphatic heterocycles. The largest absolute Gasteiger partial charge is 0.369 e. The summed E-state index contributed by atoms with van der Waals surface area (Å²) in [6.45, 7) is 6.74. The number of hydrazone groups is 1. The minimum atomic E-state index is -0.151. The van der Waals surface area contributed by atoms with Crippen molar-refractivity contribution in [2.45, 2.75) is 45.1 Å². The van der Waals surface area contributed by atoms with Gasteiger partial charge in [0, 0.05) is 23.8 Å². The number of amides is 1. The van der Waals surface area contributed by atoms with Gasteiger partial charge in [0.1, 0.15) is 0 Å². The van der Waals surface area contributed by atoms with Gasteiger partial charge in [-0.05, 0) is 49.4 Å². The Morgan fingerprint density at radius 2 is 2.04 bits per heavy atom. The first-order valence-electron chi connectivity index (χ1n) is 9.21. The average Bonchev–Trinajstić information content (AvgIpc) is 2.61. The molecule has 4 nitrogen and oxygen atoms in total. The zero-order valence-corrected chi connectivity index (χ0v) is 17.0. The molecule has 0 fully saturated rings. The Morgan fingerprint density at radius 3 is 2.74 bits per heavy atom. The molecule has 0 spiro atoms. The number of nitrogens with one attached hydrogen (secondary N) is 1. The van der Waals surface area contributed by atoms with Gasteiger partial charge in [0.25, 0.3) is 0 Å². The molecule has 2 aromatic rings. The van der Waals surface area contributed by atoms with Crippen molar-refractivity contribution in [2.75, 3.05) is 11.9 Å². The number of hydrogen-bond donors (Lipinski definition) is 1. The fourth-order valence-electron chi connectivity index (χ4n) is 3.70. The summed E-state index contributed by atoms with van der Waals surface area (Å²) in [5.74, 6) is 0.282. The molecular formula is C22H26ClN3O. The van der Waals surface area contributed by atoms with Crippen LogP contribution in [0.5, 0.6) is 0 Å². The maximum Gasteiger partial charge on any atom is 0.244 e. The van der Waals surface area contributed by atoms with Crippen molar-refractivity contribution in [1.29, 1.82) is 0 Å². The minimum absolute atomic E-state index is 0.0940. The lowest BCUT2D eigenvalue weighted by molar-refractivity contribution is -0.120. The number of halogens is 1. The first-order chi connectivity index (χ1) is 12.8. The van der Waals surface area contributed by atoms with Gasteiger partial charge >= 0.3 is 0 Å². The number of hydrogen-bond acceptors (Lipinski definition) is 3. The molecule has 3 rings (SSSR count). The topological polar surface area (TPSA) is 44.7 Å². The van der Waals surface area contributed by atoms with Crippen molar-refractivity contribution in [1.82, 2.24) is 5.43 Å². The van der Waals surface area contributed by atoms with Crippen LogP contribution in [-0.4, -0.2) is 24.7 Å². The van der Waals surface area contributed by atoms with Gasteiger partial charge in [0.15, 0.2) is 0 Å². The molecule has 27 heavy (non-hydrogen) atoms. The van der Waals surface area contributed by atoms with E-state index >= 15 is 0 Å². The van der Waals surface area contributed by atoms with Crippen molar-refractivity contribution in [2.24, 2.45) is 5.10 Å². The van der Waals surface area contributed by atoms with Crippen LogP contribution in [-0.2, 0) is 11.2 Å². The molecule has 0 aliphatic carbocycles. The number of anilines is 1. The van der Waals surface area contributed by atoms with Crippen molar-refractivity contribution in [3.05, 3.63) is 64.2 Å². The van der Waals surface area contributed by atoms with E-state index in [9.17, 15) is 4.79 Å². The fraction of sp³-hybridized carbons (Fsp3) is 0.364. The maximum atomic E-state index is 12.0. The Morgan fingerprint density at radius 1 is 1.33 bits per heavy atom. The summed E-state index contributed by atoms with van der Waals surface area (Å²) < 4.78 is 0. The predicted octanol–water partition coefficient (Wildman–Crippen LogP) is 4.75. The van der Waals surface area contributed by atoms with E-state index in [4.69, 9.17) is 11.6 Å². The number of benzene rings is 2. The van der Waals surface area contributed by atoms with Crippen molar-refractivity contribution in [3.8, 4) is 0 Å². The molecule has 2 aromatic carbocycles. The van der Waals surface area contributed by atoms with Crippen LogP contribution in [0.25, 0.3) is 0 Å². The van der Waals surface area contributed by atoms with E-state index in [1.807, 2.05) is 36.4 Å². The smallest absolute Gasteiger partial charge is 0.244 e. The second kappa shape index (κ2) is 7.73. The van der Waals surface area contributed by atoms with Gasteiger partial charge < -0.3 is 4.90 Å². The molecule has 0 radical (unpaired) electrons. The Balaban J connectivity index is 1.73. The van der Waals surface area contributed by atoms with E-state index in [1.54, 1.807) is 6.21 Å².